The predicted molar refractivity (Wildman–Crippen MR) is 80.3 cm³/mol. The van der Waals surface area contributed by atoms with E-state index in [1.165, 1.54) is 0 Å². The molecule has 0 aliphatic carbocycles. The average molecular weight is 282 g/mol. The molecule has 2 saturated heterocycles. The molecule has 0 radical (unpaired) electrons. The first kappa shape index (κ1) is 15.8. The molecule has 4 atom stereocenters. The van der Waals surface area contributed by atoms with Crippen LogP contribution < -0.4 is 5.32 Å². The van der Waals surface area contributed by atoms with E-state index in [9.17, 15) is 4.79 Å². The summed E-state index contributed by atoms with van der Waals surface area (Å²) in [6.45, 7) is 11.3. The average Bonchev–Trinajstić information content (AvgIpc) is 3.00. The Morgan fingerprint density at radius 1 is 1.40 bits per heavy atom. The van der Waals surface area contributed by atoms with Crippen molar-refractivity contribution in [1.82, 2.24) is 10.2 Å². The van der Waals surface area contributed by atoms with Crippen LogP contribution in [0.1, 0.15) is 47.0 Å². The number of carbonyl (C=O) groups excluding carboxylic acids is 1. The number of nitrogens with one attached hydrogen (secondary N) is 1. The number of hydrogen-bond donors (Lipinski definition) is 1. The molecule has 2 aliphatic heterocycles. The number of carbonyl (C=O) groups is 1. The van der Waals surface area contributed by atoms with Crippen LogP contribution in [0.2, 0.25) is 0 Å². The Morgan fingerprint density at radius 3 is 2.70 bits per heavy atom. The smallest absolute Gasteiger partial charge is 0.241 e. The first-order valence-electron chi connectivity index (χ1n) is 8.17. The van der Waals surface area contributed by atoms with Gasteiger partial charge in [0.2, 0.25) is 5.91 Å². The Kier molecular flexibility index (Phi) is 5.44. The largest absolute Gasteiger partial charge is 0.381 e. The lowest BCUT2D eigenvalue weighted by Crippen LogP contribution is -2.41. The highest BCUT2D eigenvalue weighted by Crippen LogP contribution is 2.25. The molecule has 4 heteroatoms. The molecule has 4 nitrogen and oxygen atoms in total. The lowest BCUT2D eigenvalue weighted by Gasteiger charge is -2.27. The molecular weight excluding hydrogens is 252 g/mol. The maximum atomic E-state index is 12.7. The summed E-state index contributed by atoms with van der Waals surface area (Å²) in [5, 5.41) is 3.58. The van der Waals surface area contributed by atoms with Gasteiger partial charge >= 0.3 is 0 Å². The molecule has 2 fully saturated rings. The molecule has 0 bridgehead atoms. The van der Waals surface area contributed by atoms with E-state index < -0.39 is 0 Å². The zero-order valence-corrected chi connectivity index (χ0v) is 13.4. The summed E-state index contributed by atoms with van der Waals surface area (Å²) >= 11 is 0. The van der Waals surface area contributed by atoms with Crippen molar-refractivity contribution in [3.8, 4) is 0 Å². The normalized spacial score (nSPS) is 32.4. The van der Waals surface area contributed by atoms with Gasteiger partial charge in [-0.2, -0.15) is 0 Å². The third-order valence-corrected chi connectivity index (χ3v) is 4.68. The highest BCUT2D eigenvalue weighted by Gasteiger charge is 2.41. The molecule has 0 saturated carbocycles. The van der Waals surface area contributed by atoms with Crippen molar-refractivity contribution >= 4 is 5.91 Å². The minimum atomic E-state index is 0.00562. The molecular formula is C16H30N2O2. The summed E-state index contributed by atoms with van der Waals surface area (Å²) in [5.41, 5.74) is 0. The maximum absolute atomic E-state index is 12.7. The van der Waals surface area contributed by atoms with Crippen molar-refractivity contribution in [2.45, 2.75) is 59.2 Å². The fourth-order valence-electron chi connectivity index (χ4n) is 3.21. The van der Waals surface area contributed by atoms with E-state index in [4.69, 9.17) is 4.74 Å². The fourth-order valence-corrected chi connectivity index (χ4v) is 3.21. The molecule has 0 aromatic rings. The first-order chi connectivity index (χ1) is 9.52. The zero-order valence-electron chi connectivity index (χ0n) is 13.4. The predicted octanol–water partition coefficient (Wildman–Crippen LogP) is 2.24. The minimum Gasteiger partial charge on any atom is -0.381 e. The summed E-state index contributed by atoms with van der Waals surface area (Å²) < 4.78 is 5.46. The van der Waals surface area contributed by atoms with E-state index in [1.807, 2.05) is 0 Å². The Morgan fingerprint density at radius 2 is 2.15 bits per heavy atom. The van der Waals surface area contributed by atoms with Crippen LogP contribution in [-0.4, -0.2) is 42.8 Å². The van der Waals surface area contributed by atoms with Crippen molar-refractivity contribution in [2.75, 3.05) is 19.8 Å². The molecule has 116 valence electrons. The van der Waals surface area contributed by atoms with Crippen molar-refractivity contribution in [1.29, 1.82) is 0 Å². The van der Waals surface area contributed by atoms with Gasteiger partial charge in [0, 0.05) is 19.1 Å². The van der Waals surface area contributed by atoms with Crippen LogP contribution in [0.25, 0.3) is 0 Å². The van der Waals surface area contributed by atoms with Crippen molar-refractivity contribution in [2.24, 2.45) is 17.8 Å². The van der Waals surface area contributed by atoms with E-state index in [0.717, 1.165) is 39.0 Å². The molecule has 0 aromatic heterocycles. The molecule has 2 rings (SSSR count). The molecule has 2 heterocycles. The topological polar surface area (TPSA) is 41.6 Å². The van der Waals surface area contributed by atoms with Crippen LogP contribution in [0, 0.1) is 17.8 Å². The fraction of sp³-hybridized carbons (Fsp3) is 0.938. The van der Waals surface area contributed by atoms with Gasteiger partial charge < -0.3 is 9.64 Å². The number of rotatable bonds is 6. The van der Waals surface area contributed by atoms with Gasteiger partial charge in [0.15, 0.2) is 0 Å². The van der Waals surface area contributed by atoms with E-state index in [1.54, 1.807) is 0 Å². The summed E-state index contributed by atoms with van der Waals surface area (Å²) in [5.74, 6) is 1.82. The SMILES string of the molecule is CCC(C)C1NC(CC(C)C)N(CC2CCOC2)C1=O. The molecule has 2 aliphatic rings. The number of amides is 1. The monoisotopic (exact) mass is 282 g/mol. The minimum absolute atomic E-state index is 0.00562. The van der Waals surface area contributed by atoms with Gasteiger partial charge in [-0.05, 0) is 24.7 Å². The van der Waals surface area contributed by atoms with Gasteiger partial charge in [0.1, 0.15) is 0 Å². The number of ether oxygens (including phenoxy) is 1. The Labute approximate surface area is 123 Å². The highest BCUT2D eigenvalue weighted by molar-refractivity contribution is 5.84. The summed E-state index contributed by atoms with van der Waals surface area (Å²) in [4.78, 5) is 14.8. The van der Waals surface area contributed by atoms with E-state index in [0.29, 0.717) is 23.7 Å². The van der Waals surface area contributed by atoms with Crippen molar-refractivity contribution < 1.29 is 9.53 Å². The molecule has 1 N–H and O–H groups in total. The molecule has 0 spiro atoms. The Hall–Kier alpha value is -0.610. The Bertz CT molecular complexity index is 326. The van der Waals surface area contributed by atoms with Crippen LogP contribution in [0.3, 0.4) is 0 Å². The second-order valence-corrected chi connectivity index (χ2v) is 6.90. The third-order valence-electron chi connectivity index (χ3n) is 4.68. The second-order valence-electron chi connectivity index (χ2n) is 6.90. The van der Waals surface area contributed by atoms with Crippen LogP contribution >= 0.6 is 0 Å². The first-order valence-corrected chi connectivity index (χ1v) is 8.17. The lowest BCUT2D eigenvalue weighted by molar-refractivity contribution is -0.131. The van der Waals surface area contributed by atoms with Crippen LogP contribution in [-0.2, 0) is 9.53 Å². The van der Waals surface area contributed by atoms with E-state index >= 15 is 0 Å². The van der Waals surface area contributed by atoms with E-state index in [2.05, 4.69) is 37.9 Å². The van der Waals surface area contributed by atoms with E-state index in [-0.39, 0.29) is 12.2 Å². The highest BCUT2D eigenvalue weighted by atomic mass is 16.5. The van der Waals surface area contributed by atoms with Gasteiger partial charge in [-0.3, -0.25) is 10.1 Å². The second kappa shape index (κ2) is 6.90. The lowest BCUT2D eigenvalue weighted by atomic mass is 9.99. The number of nitrogens with zero attached hydrogens (tertiary/aromatic N) is 1. The van der Waals surface area contributed by atoms with Gasteiger partial charge in [0.05, 0.1) is 18.8 Å². The van der Waals surface area contributed by atoms with Crippen molar-refractivity contribution in [3.05, 3.63) is 0 Å². The summed E-state index contributed by atoms with van der Waals surface area (Å²) in [7, 11) is 0. The van der Waals surface area contributed by atoms with Crippen LogP contribution in [0.15, 0.2) is 0 Å². The van der Waals surface area contributed by atoms with Crippen molar-refractivity contribution in [3.63, 3.8) is 0 Å². The van der Waals surface area contributed by atoms with Gasteiger partial charge in [-0.25, -0.2) is 0 Å². The molecule has 1 amide bonds. The molecule has 4 unspecified atom stereocenters. The van der Waals surface area contributed by atoms with Gasteiger partial charge in [-0.1, -0.05) is 34.1 Å². The Balaban J connectivity index is 2.04. The maximum Gasteiger partial charge on any atom is 0.241 e. The standard InChI is InChI=1S/C16H30N2O2/c1-5-12(4)15-16(19)18(9-13-6-7-20-10-13)14(17-15)8-11(2)3/h11-15,17H,5-10H2,1-4H3. The quantitative estimate of drug-likeness (QED) is 0.812. The number of hydrogen-bond acceptors (Lipinski definition) is 3. The van der Waals surface area contributed by atoms with Crippen LogP contribution in [0.4, 0.5) is 0 Å². The third kappa shape index (κ3) is 3.53. The van der Waals surface area contributed by atoms with Gasteiger partial charge in [0.25, 0.3) is 0 Å². The summed E-state index contributed by atoms with van der Waals surface area (Å²) in [6, 6.07) is 0.00562. The summed E-state index contributed by atoms with van der Waals surface area (Å²) in [6.07, 6.45) is 3.37. The molecule has 20 heavy (non-hydrogen) atoms. The molecule has 0 aromatic carbocycles. The van der Waals surface area contributed by atoms with Crippen LogP contribution in [0.5, 0.6) is 0 Å². The zero-order chi connectivity index (χ0) is 14.7. The van der Waals surface area contributed by atoms with Gasteiger partial charge in [-0.15, -0.1) is 0 Å².